The molecule has 0 saturated carbocycles. The summed E-state index contributed by atoms with van der Waals surface area (Å²) in [5, 5.41) is 0. The molecule has 0 saturated heterocycles. The summed E-state index contributed by atoms with van der Waals surface area (Å²) in [7, 11) is 0. The van der Waals surface area contributed by atoms with E-state index in [0.29, 0.717) is 0 Å². The van der Waals surface area contributed by atoms with Crippen molar-refractivity contribution in [1.82, 2.24) is 4.98 Å². The van der Waals surface area contributed by atoms with Crippen LogP contribution in [-0.2, 0) is 5.41 Å². The molecule has 2 aromatic rings. The summed E-state index contributed by atoms with van der Waals surface area (Å²) in [6, 6.07) is 14.9. The fraction of sp³-hybridized carbons (Fsp3) is 0.214. The molecule has 82 valence electrons. The van der Waals surface area contributed by atoms with E-state index in [1.165, 1.54) is 6.07 Å². The Bertz CT molecular complexity index is 477. The molecule has 0 radical (unpaired) electrons. The van der Waals surface area contributed by atoms with Crippen LogP contribution in [0.2, 0.25) is 0 Å². The van der Waals surface area contributed by atoms with Gasteiger partial charge < -0.3 is 0 Å². The van der Waals surface area contributed by atoms with Crippen molar-refractivity contribution in [1.29, 1.82) is 0 Å². The lowest BCUT2D eigenvalue weighted by Crippen LogP contribution is -2.20. The fourth-order valence-electron chi connectivity index (χ4n) is 1.76. The molecule has 2 heteroatoms. The first-order chi connectivity index (χ1) is 7.60. The molecule has 0 aliphatic heterocycles. The highest BCUT2D eigenvalue weighted by Crippen LogP contribution is 2.29. The highest BCUT2D eigenvalue weighted by molar-refractivity contribution is 5.33. The molecule has 1 aromatic carbocycles. The minimum Gasteiger partial charge on any atom is -0.224 e. The first kappa shape index (κ1) is 10.8. The average molecular weight is 215 g/mol. The van der Waals surface area contributed by atoms with Crippen molar-refractivity contribution in [3.8, 4) is 0 Å². The predicted molar refractivity (Wildman–Crippen MR) is 62.8 cm³/mol. The number of hydrogen-bond acceptors (Lipinski definition) is 1. The summed E-state index contributed by atoms with van der Waals surface area (Å²) in [4.78, 5) is 3.95. The first-order valence-electron chi connectivity index (χ1n) is 5.29. The molecule has 1 aromatic heterocycles. The van der Waals surface area contributed by atoms with Gasteiger partial charge >= 0.3 is 0 Å². The fourth-order valence-corrected chi connectivity index (χ4v) is 1.76. The van der Waals surface area contributed by atoms with Gasteiger partial charge in [-0.15, -0.1) is 0 Å². The lowest BCUT2D eigenvalue weighted by Gasteiger charge is -2.24. The van der Waals surface area contributed by atoms with Crippen molar-refractivity contribution in [2.24, 2.45) is 0 Å². The normalized spacial score (nSPS) is 11.4. The van der Waals surface area contributed by atoms with Crippen LogP contribution in [0.4, 0.5) is 4.39 Å². The molecule has 0 spiro atoms. The van der Waals surface area contributed by atoms with Crippen LogP contribution in [0, 0.1) is 5.95 Å². The first-order valence-corrected chi connectivity index (χ1v) is 5.29. The zero-order chi connectivity index (χ0) is 11.6. The van der Waals surface area contributed by atoms with Crippen molar-refractivity contribution in [3.05, 3.63) is 65.7 Å². The summed E-state index contributed by atoms with van der Waals surface area (Å²) < 4.78 is 13.1. The molecule has 0 fully saturated rings. The maximum atomic E-state index is 13.1. The number of rotatable bonds is 2. The van der Waals surface area contributed by atoms with Crippen LogP contribution in [-0.4, -0.2) is 4.98 Å². The second kappa shape index (κ2) is 4.05. The average Bonchev–Trinajstić information content (AvgIpc) is 2.30. The highest BCUT2D eigenvalue weighted by atomic mass is 19.1. The van der Waals surface area contributed by atoms with Gasteiger partial charge in [0.1, 0.15) is 0 Å². The number of nitrogens with zero attached hydrogens (tertiary/aromatic N) is 1. The third-order valence-electron chi connectivity index (χ3n) is 2.85. The van der Waals surface area contributed by atoms with Gasteiger partial charge in [0, 0.05) is 5.41 Å². The molecule has 0 N–H and O–H groups in total. The molecule has 0 amide bonds. The molecule has 0 atom stereocenters. The van der Waals surface area contributed by atoms with Gasteiger partial charge in [0.2, 0.25) is 5.95 Å². The zero-order valence-corrected chi connectivity index (χ0v) is 9.44. The van der Waals surface area contributed by atoms with Crippen molar-refractivity contribution in [2.45, 2.75) is 19.3 Å². The van der Waals surface area contributed by atoms with Crippen LogP contribution in [0.1, 0.15) is 25.1 Å². The van der Waals surface area contributed by atoms with E-state index in [-0.39, 0.29) is 5.41 Å². The Balaban J connectivity index is 2.47. The largest absolute Gasteiger partial charge is 0.224 e. The Morgan fingerprint density at radius 3 is 2.25 bits per heavy atom. The number of aromatic nitrogens is 1. The van der Waals surface area contributed by atoms with E-state index in [1.54, 1.807) is 6.07 Å². The Hall–Kier alpha value is -1.70. The number of pyridine rings is 1. The van der Waals surface area contributed by atoms with Crippen LogP contribution >= 0.6 is 0 Å². The van der Waals surface area contributed by atoms with Gasteiger partial charge in [-0.3, -0.25) is 0 Å². The summed E-state index contributed by atoms with van der Waals surface area (Å²) in [5.41, 5.74) is 1.61. The van der Waals surface area contributed by atoms with Gasteiger partial charge in [0.15, 0.2) is 0 Å². The van der Waals surface area contributed by atoms with Crippen LogP contribution < -0.4 is 0 Å². The molecule has 2 rings (SSSR count). The van der Waals surface area contributed by atoms with Gasteiger partial charge in [-0.05, 0) is 17.7 Å². The van der Waals surface area contributed by atoms with E-state index in [1.807, 2.05) is 50.2 Å². The quantitative estimate of drug-likeness (QED) is 0.698. The molecular formula is C14H14FN. The molecule has 1 nitrogen and oxygen atoms in total. The molecule has 0 bridgehead atoms. The van der Waals surface area contributed by atoms with E-state index in [0.717, 1.165) is 11.3 Å². The lowest BCUT2D eigenvalue weighted by molar-refractivity contribution is 0.544. The Morgan fingerprint density at radius 2 is 1.62 bits per heavy atom. The topological polar surface area (TPSA) is 12.9 Å². The maximum Gasteiger partial charge on any atom is 0.213 e. The van der Waals surface area contributed by atoms with Gasteiger partial charge in [-0.2, -0.15) is 4.39 Å². The third-order valence-corrected chi connectivity index (χ3v) is 2.85. The minimum absolute atomic E-state index is 0.274. The van der Waals surface area contributed by atoms with Gasteiger partial charge in [-0.25, -0.2) is 4.98 Å². The zero-order valence-electron chi connectivity index (χ0n) is 9.44. The van der Waals surface area contributed by atoms with Crippen molar-refractivity contribution in [3.63, 3.8) is 0 Å². The molecule has 0 unspecified atom stereocenters. The monoisotopic (exact) mass is 215 g/mol. The molecule has 16 heavy (non-hydrogen) atoms. The number of halogens is 1. The Morgan fingerprint density at radius 1 is 0.938 bits per heavy atom. The van der Waals surface area contributed by atoms with E-state index in [4.69, 9.17) is 0 Å². The summed E-state index contributed by atoms with van der Waals surface area (Å²) in [5.74, 6) is -0.429. The van der Waals surface area contributed by atoms with Gasteiger partial charge in [0.25, 0.3) is 0 Å². The van der Waals surface area contributed by atoms with Crippen LogP contribution in [0.15, 0.2) is 48.5 Å². The SMILES string of the molecule is CC(C)(c1ccccc1)c1cccc(F)n1. The molecule has 1 heterocycles. The van der Waals surface area contributed by atoms with Crippen molar-refractivity contribution in [2.75, 3.05) is 0 Å². The van der Waals surface area contributed by atoms with Crippen LogP contribution in [0.25, 0.3) is 0 Å². The maximum absolute atomic E-state index is 13.1. The summed E-state index contributed by atoms with van der Waals surface area (Å²) >= 11 is 0. The van der Waals surface area contributed by atoms with E-state index in [9.17, 15) is 4.39 Å². The molecule has 0 aliphatic rings. The molecule has 0 aliphatic carbocycles. The Labute approximate surface area is 95.0 Å². The predicted octanol–water partition coefficient (Wildman–Crippen LogP) is 3.55. The van der Waals surface area contributed by atoms with E-state index < -0.39 is 5.95 Å². The second-order valence-corrected chi connectivity index (χ2v) is 4.34. The highest BCUT2D eigenvalue weighted by Gasteiger charge is 2.24. The van der Waals surface area contributed by atoms with E-state index in [2.05, 4.69) is 4.98 Å². The smallest absolute Gasteiger partial charge is 0.213 e. The second-order valence-electron chi connectivity index (χ2n) is 4.34. The third kappa shape index (κ3) is 1.96. The number of benzene rings is 1. The number of hydrogen-bond donors (Lipinski definition) is 0. The van der Waals surface area contributed by atoms with Crippen LogP contribution in [0.5, 0.6) is 0 Å². The standard InChI is InChI=1S/C14H14FN/c1-14(2,11-7-4-3-5-8-11)12-9-6-10-13(15)16-12/h3-10H,1-2H3. The van der Waals surface area contributed by atoms with E-state index >= 15 is 0 Å². The van der Waals surface area contributed by atoms with Crippen molar-refractivity contribution < 1.29 is 4.39 Å². The summed E-state index contributed by atoms with van der Waals surface area (Å²) in [6.07, 6.45) is 0. The Kier molecular flexibility index (Phi) is 2.73. The van der Waals surface area contributed by atoms with Crippen molar-refractivity contribution >= 4 is 0 Å². The minimum atomic E-state index is -0.429. The van der Waals surface area contributed by atoms with Gasteiger partial charge in [-0.1, -0.05) is 50.2 Å². The van der Waals surface area contributed by atoms with Gasteiger partial charge in [0.05, 0.1) is 5.69 Å². The lowest BCUT2D eigenvalue weighted by atomic mass is 9.81. The molecular weight excluding hydrogens is 201 g/mol. The summed E-state index contributed by atoms with van der Waals surface area (Å²) in [6.45, 7) is 4.09. The van der Waals surface area contributed by atoms with Crippen LogP contribution in [0.3, 0.4) is 0 Å².